The normalized spacial score (nSPS) is 17.7. The molecule has 68 valence electrons. The fraction of sp³-hybridized carbons (Fsp3) is 1.00. The summed E-state index contributed by atoms with van der Waals surface area (Å²) in [4.78, 5) is 0. The van der Waals surface area contributed by atoms with Crippen molar-refractivity contribution in [1.29, 1.82) is 0 Å². The molecule has 0 radical (unpaired) electrons. The lowest BCUT2D eigenvalue weighted by Crippen LogP contribution is -2.09. The van der Waals surface area contributed by atoms with Gasteiger partial charge in [-0.2, -0.15) is 0 Å². The molecule has 0 aromatic carbocycles. The lowest BCUT2D eigenvalue weighted by molar-refractivity contribution is 0.762. The van der Waals surface area contributed by atoms with Crippen LogP contribution in [0.3, 0.4) is 0 Å². The zero-order valence-electron chi connectivity index (χ0n) is 7.90. The molecule has 0 amide bonds. The van der Waals surface area contributed by atoms with Crippen LogP contribution in [0, 0.1) is 0 Å². The maximum atomic E-state index is 3.11. The predicted octanol–water partition coefficient (Wildman–Crippen LogP) is 2.42. The van der Waals surface area contributed by atoms with Crippen LogP contribution in [0.2, 0.25) is 0 Å². The summed E-state index contributed by atoms with van der Waals surface area (Å²) in [6, 6.07) is 0. The Kier molecular flexibility index (Phi) is 8.79. The van der Waals surface area contributed by atoms with E-state index in [-0.39, 0.29) is 0 Å². The molecule has 1 nitrogen and oxygen atoms in total. The smallest absolute Gasteiger partial charge is 0.00775 e. The number of hydrogen-bond donors (Lipinski definition) is 1. The van der Waals surface area contributed by atoms with Crippen LogP contribution in [0.15, 0.2) is 0 Å². The molecule has 0 aromatic rings. The molecule has 1 saturated carbocycles. The van der Waals surface area contributed by atoms with E-state index in [1.54, 1.807) is 0 Å². The summed E-state index contributed by atoms with van der Waals surface area (Å²) in [5.41, 5.74) is 0.963. The van der Waals surface area contributed by atoms with Gasteiger partial charge in [0.15, 0.2) is 0 Å². The Morgan fingerprint density at radius 3 is 1.73 bits per heavy atom. The van der Waals surface area contributed by atoms with Crippen LogP contribution in [0.5, 0.6) is 0 Å². The van der Waals surface area contributed by atoms with E-state index in [1.165, 1.54) is 25.7 Å². The number of nitrogens with one attached hydrogen (secondary N) is 1. The highest BCUT2D eigenvalue weighted by Gasteiger charge is 2.07. The van der Waals surface area contributed by atoms with Crippen molar-refractivity contribution < 1.29 is 0 Å². The van der Waals surface area contributed by atoms with Crippen LogP contribution in [0.4, 0.5) is 0 Å². The summed E-state index contributed by atoms with van der Waals surface area (Å²) in [7, 11) is 2.87. The fourth-order valence-electron chi connectivity index (χ4n) is 1.21. The van der Waals surface area contributed by atoms with E-state index < -0.39 is 0 Å². The highest BCUT2D eigenvalue weighted by atomic mass is 31.0. The first-order valence-corrected chi connectivity index (χ1v) is 5.44. The van der Waals surface area contributed by atoms with Gasteiger partial charge < -0.3 is 5.32 Å². The molecule has 1 unspecified atom stereocenters. The van der Waals surface area contributed by atoms with Crippen molar-refractivity contribution in [2.24, 2.45) is 0 Å². The molecule has 1 aliphatic rings. The maximum absolute atomic E-state index is 3.11. The Labute approximate surface area is 73.5 Å². The van der Waals surface area contributed by atoms with Crippen LogP contribution in [0.1, 0.15) is 39.5 Å². The van der Waals surface area contributed by atoms with E-state index in [1.807, 2.05) is 0 Å². The summed E-state index contributed by atoms with van der Waals surface area (Å²) < 4.78 is 0. The van der Waals surface area contributed by atoms with Gasteiger partial charge in [-0.25, -0.2) is 0 Å². The lowest BCUT2D eigenvalue weighted by Gasteiger charge is -1.91. The molecule has 1 aliphatic carbocycles. The SMILES string of the molecule is CCNCC.PC1CCCC1. The molecule has 1 atom stereocenters. The quantitative estimate of drug-likeness (QED) is 0.635. The predicted molar refractivity (Wildman–Crippen MR) is 56.2 cm³/mol. The first kappa shape index (κ1) is 11.4. The van der Waals surface area contributed by atoms with E-state index in [2.05, 4.69) is 28.4 Å². The molecule has 0 aromatic heterocycles. The van der Waals surface area contributed by atoms with Crippen molar-refractivity contribution in [1.82, 2.24) is 5.32 Å². The van der Waals surface area contributed by atoms with Crippen molar-refractivity contribution in [3.63, 3.8) is 0 Å². The highest BCUT2D eigenvalue weighted by Crippen LogP contribution is 2.24. The molecule has 0 aliphatic heterocycles. The maximum Gasteiger partial charge on any atom is -0.00775 e. The lowest BCUT2D eigenvalue weighted by atomic mass is 10.4. The number of hydrogen-bond acceptors (Lipinski definition) is 1. The molecule has 1 fully saturated rings. The average molecular weight is 175 g/mol. The van der Waals surface area contributed by atoms with Crippen LogP contribution in [-0.4, -0.2) is 18.7 Å². The van der Waals surface area contributed by atoms with Crippen LogP contribution >= 0.6 is 9.24 Å². The molecule has 0 spiro atoms. The van der Waals surface area contributed by atoms with Gasteiger partial charge in [0.1, 0.15) is 0 Å². The molecule has 1 N–H and O–H groups in total. The van der Waals surface area contributed by atoms with E-state index >= 15 is 0 Å². The summed E-state index contributed by atoms with van der Waals surface area (Å²) in [5, 5.41) is 3.11. The second-order valence-electron chi connectivity index (χ2n) is 3.00. The van der Waals surface area contributed by atoms with Crippen molar-refractivity contribution >= 4 is 9.24 Å². The largest absolute Gasteiger partial charge is 0.317 e. The topological polar surface area (TPSA) is 12.0 Å². The van der Waals surface area contributed by atoms with Crippen molar-refractivity contribution in [2.45, 2.75) is 45.2 Å². The monoisotopic (exact) mass is 175 g/mol. The molecule has 0 saturated heterocycles. The van der Waals surface area contributed by atoms with E-state index in [4.69, 9.17) is 0 Å². The zero-order chi connectivity index (χ0) is 8.53. The third kappa shape index (κ3) is 8.29. The molecule has 11 heavy (non-hydrogen) atoms. The first-order chi connectivity index (χ1) is 5.31. The summed E-state index contributed by atoms with van der Waals surface area (Å²) in [6.07, 6.45) is 5.83. The molecule has 0 bridgehead atoms. The Balaban J connectivity index is 0.000000187. The summed E-state index contributed by atoms with van der Waals surface area (Å²) in [6.45, 7) is 6.39. The Morgan fingerprint density at radius 1 is 1.18 bits per heavy atom. The molecular formula is C9H22NP. The van der Waals surface area contributed by atoms with Crippen LogP contribution in [0.25, 0.3) is 0 Å². The van der Waals surface area contributed by atoms with Gasteiger partial charge in [-0.15, -0.1) is 9.24 Å². The Hall–Kier alpha value is 0.390. The van der Waals surface area contributed by atoms with Gasteiger partial charge in [0.25, 0.3) is 0 Å². The first-order valence-electron chi connectivity index (χ1n) is 4.77. The Morgan fingerprint density at radius 2 is 1.64 bits per heavy atom. The van der Waals surface area contributed by atoms with Crippen molar-refractivity contribution in [2.75, 3.05) is 13.1 Å². The molecule has 2 heteroatoms. The highest BCUT2D eigenvalue weighted by molar-refractivity contribution is 7.17. The minimum absolute atomic E-state index is 0.963. The van der Waals surface area contributed by atoms with Gasteiger partial charge in [0.2, 0.25) is 0 Å². The van der Waals surface area contributed by atoms with E-state index in [0.29, 0.717) is 0 Å². The third-order valence-electron chi connectivity index (χ3n) is 1.90. The van der Waals surface area contributed by atoms with Gasteiger partial charge in [-0.3, -0.25) is 0 Å². The van der Waals surface area contributed by atoms with Crippen molar-refractivity contribution in [3.8, 4) is 0 Å². The summed E-state index contributed by atoms with van der Waals surface area (Å²) in [5.74, 6) is 0. The van der Waals surface area contributed by atoms with Crippen LogP contribution < -0.4 is 5.32 Å². The minimum Gasteiger partial charge on any atom is -0.317 e. The van der Waals surface area contributed by atoms with Crippen molar-refractivity contribution in [3.05, 3.63) is 0 Å². The molecule has 0 heterocycles. The average Bonchev–Trinajstić information content (AvgIpc) is 2.43. The minimum atomic E-state index is 0.963. The van der Waals surface area contributed by atoms with Gasteiger partial charge in [-0.1, -0.05) is 26.7 Å². The second kappa shape index (κ2) is 8.49. The molecular weight excluding hydrogens is 153 g/mol. The number of rotatable bonds is 2. The summed E-state index contributed by atoms with van der Waals surface area (Å²) >= 11 is 0. The standard InChI is InChI=1S/C5H11P.C4H11N/c6-5-3-1-2-4-5;1-3-5-4-2/h5H,1-4,6H2;5H,3-4H2,1-2H3. The van der Waals surface area contributed by atoms with Gasteiger partial charge in [0.05, 0.1) is 0 Å². The van der Waals surface area contributed by atoms with E-state index in [0.717, 1.165) is 18.7 Å². The zero-order valence-corrected chi connectivity index (χ0v) is 9.05. The van der Waals surface area contributed by atoms with Gasteiger partial charge >= 0.3 is 0 Å². The third-order valence-corrected chi connectivity index (χ3v) is 2.57. The second-order valence-corrected chi connectivity index (χ2v) is 3.94. The van der Waals surface area contributed by atoms with Gasteiger partial charge in [0, 0.05) is 0 Å². The Bertz CT molecular complexity index is 68.0. The van der Waals surface area contributed by atoms with E-state index in [9.17, 15) is 0 Å². The molecule has 1 rings (SSSR count). The van der Waals surface area contributed by atoms with Crippen LogP contribution in [-0.2, 0) is 0 Å². The fourth-order valence-corrected chi connectivity index (χ4v) is 1.68. The van der Waals surface area contributed by atoms with Gasteiger partial charge in [-0.05, 0) is 31.6 Å².